The van der Waals surface area contributed by atoms with Gasteiger partial charge in [0.05, 0.1) is 16.7 Å². The fourth-order valence-corrected chi connectivity index (χ4v) is 2.48. The lowest BCUT2D eigenvalue weighted by molar-refractivity contribution is -0.105. The van der Waals surface area contributed by atoms with Gasteiger partial charge < -0.3 is 15.3 Å². The molecule has 0 saturated carbocycles. The molecule has 1 amide bonds. The summed E-state index contributed by atoms with van der Waals surface area (Å²) < 4.78 is 12.9. The van der Waals surface area contributed by atoms with Crippen LogP contribution in [0.2, 0.25) is 0 Å². The van der Waals surface area contributed by atoms with Gasteiger partial charge in [0.2, 0.25) is 6.41 Å². The molecule has 0 radical (unpaired) electrons. The first-order valence-corrected chi connectivity index (χ1v) is 8.16. The Kier molecular flexibility index (Phi) is 5.41. The average Bonchev–Trinajstić information content (AvgIpc) is 3.02. The van der Waals surface area contributed by atoms with E-state index in [1.807, 2.05) is 25.1 Å². The minimum absolute atomic E-state index is 0.232. The minimum atomic E-state index is -0.252. The highest BCUT2D eigenvalue weighted by Gasteiger charge is 1.99. The number of H-pyrrole nitrogens is 2. The van der Waals surface area contributed by atoms with Crippen LogP contribution < -0.4 is 11.0 Å². The molecular weight excluding hydrogens is 347 g/mol. The summed E-state index contributed by atoms with van der Waals surface area (Å²) in [4.78, 5) is 30.4. The third-order valence-electron chi connectivity index (χ3n) is 3.77. The van der Waals surface area contributed by atoms with Gasteiger partial charge in [-0.1, -0.05) is 18.2 Å². The van der Waals surface area contributed by atoms with E-state index in [-0.39, 0.29) is 11.5 Å². The van der Waals surface area contributed by atoms with Gasteiger partial charge in [0.25, 0.3) is 0 Å². The maximum absolute atomic E-state index is 12.9. The summed E-state index contributed by atoms with van der Waals surface area (Å²) in [5.74, 6) is -0.232. The van der Waals surface area contributed by atoms with Crippen LogP contribution in [0.15, 0.2) is 65.6 Å². The maximum Gasteiger partial charge on any atom is 0.323 e. The van der Waals surface area contributed by atoms with E-state index in [1.165, 1.54) is 12.1 Å². The molecule has 6 nitrogen and oxygen atoms in total. The number of amides is 1. The SMILES string of the molecule is Cc1ccc(-c2cccc(F)c2)nc1.O=CNc1ccc2[nH]c(=O)[nH]c2c1. The number of imidazole rings is 1. The number of rotatable bonds is 3. The van der Waals surface area contributed by atoms with Gasteiger partial charge in [-0.05, 0) is 48.9 Å². The molecule has 0 unspecified atom stereocenters. The number of halogens is 1. The molecule has 0 aliphatic carbocycles. The van der Waals surface area contributed by atoms with Crippen molar-refractivity contribution in [2.24, 2.45) is 0 Å². The van der Waals surface area contributed by atoms with Gasteiger partial charge in [0.1, 0.15) is 5.82 Å². The van der Waals surface area contributed by atoms with Crippen LogP contribution in [0.1, 0.15) is 5.56 Å². The van der Waals surface area contributed by atoms with Crippen molar-refractivity contribution in [1.29, 1.82) is 0 Å². The number of nitrogens with zero attached hydrogens (tertiary/aromatic N) is 1. The zero-order valence-corrected chi connectivity index (χ0v) is 14.5. The molecule has 0 aliphatic rings. The molecule has 0 spiro atoms. The lowest BCUT2D eigenvalue weighted by Gasteiger charge is -2.00. The van der Waals surface area contributed by atoms with Crippen molar-refractivity contribution in [3.05, 3.63) is 82.7 Å². The predicted molar refractivity (Wildman–Crippen MR) is 103 cm³/mol. The first-order valence-electron chi connectivity index (χ1n) is 8.16. The van der Waals surface area contributed by atoms with E-state index in [0.29, 0.717) is 17.6 Å². The highest BCUT2D eigenvalue weighted by atomic mass is 19.1. The Morgan fingerprint density at radius 2 is 1.85 bits per heavy atom. The van der Waals surface area contributed by atoms with Crippen LogP contribution in [0.25, 0.3) is 22.3 Å². The average molecular weight is 364 g/mol. The number of hydrogen-bond acceptors (Lipinski definition) is 3. The van der Waals surface area contributed by atoms with Crippen molar-refractivity contribution in [3.8, 4) is 11.3 Å². The van der Waals surface area contributed by atoms with E-state index in [4.69, 9.17) is 0 Å². The van der Waals surface area contributed by atoms with Crippen LogP contribution in [-0.2, 0) is 4.79 Å². The third-order valence-corrected chi connectivity index (χ3v) is 3.77. The number of nitrogens with one attached hydrogen (secondary N) is 3. The number of anilines is 1. The van der Waals surface area contributed by atoms with Crippen molar-refractivity contribution < 1.29 is 9.18 Å². The van der Waals surface area contributed by atoms with Gasteiger partial charge in [-0.25, -0.2) is 9.18 Å². The molecule has 4 aromatic rings. The molecule has 2 aromatic carbocycles. The standard InChI is InChI=1S/C12H10FN.C8H7N3O2/c1-9-5-6-12(14-8-9)10-3-2-4-11(13)7-10;12-4-9-5-1-2-6-7(3-5)11-8(13)10-6/h2-8H,1H3;1-4H,(H,9,12)(H2,10,11,13). The monoisotopic (exact) mass is 364 g/mol. The highest BCUT2D eigenvalue weighted by Crippen LogP contribution is 2.17. The summed E-state index contributed by atoms with van der Waals surface area (Å²) in [5.41, 5.74) is 4.51. The second-order valence-electron chi connectivity index (χ2n) is 5.83. The highest BCUT2D eigenvalue weighted by molar-refractivity contribution is 5.82. The van der Waals surface area contributed by atoms with Crippen molar-refractivity contribution in [2.75, 3.05) is 5.32 Å². The zero-order valence-electron chi connectivity index (χ0n) is 14.5. The van der Waals surface area contributed by atoms with Crippen molar-refractivity contribution >= 4 is 23.1 Å². The van der Waals surface area contributed by atoms with Crippen LogP contribution in [0.5, 0.6) is 0 Å². The van der Waals surface area contributed by atoms with Gasteiger partial charge >= 0.3 is 5.69 Å². The number of pyridine rings is 1. The predicted octanol–water partition coefficient (Wildman–Crippen LogP) is 3.62. The zero-order chi connectivity index (χ0) is 19.2. The number of carbonyl (C=O) groups excluding carboxylic acids is 1. The molecule has 2 aromatic heterocycles. The summed E-state index contributed by atoms with van der Waals surface area (Å²) >= 11 is 0. The molecule has 0 atom stereocenters. The second-order valence-corrected chi connectivity index (χ2v) is 5.83. The van der Waals surface area contributed by atoms with Gasteiger partial charge in [-0.3, -0.25) is 9.78 Å². The van der Waals surface area contributed by atoms with Gasteiger partial charge in [0.15, 0.2) is 0 Å². The first kappa shape index (κ1) is 18.1. The van der Waals surface area contributed by atoms with E-state index < -0.39 is 0 Å². The summed E-state index contributed by atoms with van der Waals surface area (Å²) in [5, 5.41) is 2.49. The quantitative estimate of drug-likeness (QED) is 0.485. The molecule has 0 aliphatic heterocycles. The Labute approximate surface area is 154 Å². The lowest BCUT2D eigenvalue weighted by atomic mass is 10.1. The van der Waals surface area contributed by atoms with Gasteiger partial charge in [-0.2, -0.15) is 0 Å². The van der Waals surface area contributed by atoms with E-state index in [1.54, 1.807) is 30.5 Å². The number of fused-ring (bicyclic) bond motifs is 1. The van der Waals surface area contributed by atoms with Crippen molar-refractivity contribution in [3.63, 3.8) is 0 Å². The summed E-state index contributed by atoms with van der Waals surface area (Å²) in [6.07, 6.45) is 2.37. The number of aromatic amines is 2. The molecule has 0 fully saturated rings. The first-order chi connectivity index (χ1) is 13.0. The molecule has 0 saturated heterocycles. The van der Waals surface area contributed by atoms with Crippen LogP contribution in [-0.4, -0.2) is 21.4 Å². The normalized spacial score (nSPS) is 10.1. The third kappa shape index (κ3) is 4.66. The van der Waals surface area contributed by atoms with Gasteiger partial charge in [-0.15, -0.1) is 0 Å². The molecule has 0 bridgehead atoms. The number of aromatic nitrogens is 3. The Bertz CT molecular complexity index is 1120. The maximum atomic E-state index is 12.9. The Morgan fingerprint density at radius 3 is 2.56 bits per heavy atom. The van der Waals surface area contributed by atoms with Crippen LogP contribution in [0.3, 0.4) is 0 Å². The van der Waals surface area contributed by atoms with Crippen molar-refractivity contribution in [1.82, 2.24) is 15.0 Å². The molecule has 136 valence electrons. The molecule has 3 N–H and O–H groups in total. The smallest absolute Gasteiger partial charge is 0.323 e. The Morgan fingerprint density at radius 1 is 1.04 bits per heavy atom. The largest absolute Gasteiger partial charge is 0.329 e. The number of benzene rings is 2. The van der Waals surface area contributed by atoms with Crippen molar-refractivity contribution in [2.45, 2.75) is 6.92 Å². The summed E-state index contributed by atoms with van der Waals surface area (Å²) in [6.45, 7) is 1.97. The summed E-state index contributed by atoms with van der Waals surface area (Å²) in [7, 11) is 0. The molecule has 7 heteroatoms. The molecule has 27 heavy (non-hydrogen) atoms. The molecular formula is C20H17FN4O2. The Hall–Kier alpha value is -3.74. The minimum Gasteiger partial charge on any atom is -0.329 e. The molecule has 2 heterocycles. The van der Waals surface area contributed by atoms with Gasteiger partial charge in [0, 0.05) is 17.4 Å². The second kappa shape index (κ2) is 8.09. The fraction of sp³-hybridized carbons (Fsp3) is 0.0500. The number of carbonyl (C=O) groups is 1. The Balaban J connectivity index is 0.000000156. The van der Waals surface area contributed by atoms with E-state index in [0.717, 1.165) is 22.3 Å². The van der Waals surface area contributed by atoms with E-state index in [2.05, 4.69) is 20.3 Å². The van der Waals surface area contributed by atoms with Crippen LogP contribution >= 0.6 is 0 Å². The fourth-order valence-electron chi connectivity index (χ4n) is 2.48. The summed E-state index contributed by atoms with van der Waals surface area (Å²) in [6, 6.07) is 15.4. The molecule has 4 rings (SSSR count). The number of aryl methyl sites for hydroxylation is 1. The lowest BCUT2D eigenvalue weighted by Crippen LogP contribution is -1.99. The topological polar surface area (TPSA) is 90.6 Å². The van der Waals surface area contributed by atoms with E-state index in [9.17, 15) is 14.0 Å². The van der Waals surface area contributed by atoms with Crippen LogP contribution in [0.4, 0.5) is 10.1 Å². The van der Waals surface area contributed by atoms with E-state index >= 15 is 0 Å². The van der Waals surface area contributed by atoms with Crippen LogP contribution in [0, 0.1) is 12.7 Å². The number of hydrogen-bond donors (Lipinski definition) is 3.